The van der Waals surface area contributed by atoms with E-state index in [1.165, 1.54) is 32.1 Å². The molecule has 2 bridgehead atoms. The van der Waals surface area contributed by atoms with Crippen molar-refractivity contribution in [2.75, 3.05) is 0 Å². The molecule has 5 unspecified atom stereocenters. The van der Waals surface area contributed by atoms with Crippen LogP contribution in [0.2, 0.25) is 0 Å². The molecule has 1 heterocycles. The van der Waals surface area contributed by atoms with Crippen LogP contribution in [-0.2, 0) is 6.54 Å². The molecule has 1 aromatic heterocycles. The summed E-state index contributed by atoms with van der Waals surface area (Å²) in [6.45, 7) is 2.76. The molecule has 3 fully saturated rings. The van der Waals surface area contributed by atoms with Gasteiger partial charge in [0.15, 0.2) is 0 Å². The van der Waals surface area contributed by atoms with Gasteiger partial charge in [-0.25, -0.2) is 4.98 Å². The number of hydrogen-bond donors (Lipinski definition) is 1. The summed E-state index contributed by atoms with van der Waals surface area (Å²) in [5, 5.41) is 3.70. The second kappa shape index (κ2) is 4.09. The smallest absolute Gasteiger partial charge is 0.208 e. The van der Waals surface area contributed by atoms with Crippen molar-refractivity contribution in [1.29, 1.82) is 0 Å². The van der Waals surface area contributed by atoms with Crippen molar-refractivity contribution in [3.63, 3.8) is 0 Å². The van der Waals surface area contributed by atoms with Gasteiger partial charge in [0.1, 0.15) is 5.76 Å². The molecule has 3 heteroatoms. The third-order valence-corrected chi connectivity index (χ3v) is 5.61. The molecule has 5 atom stereocenters. The zero-order valence-electron chi connectivity index (χ0n) is 11.1. The van der Waals surface area contributed by atoms with Gasteiger partial charge in [0.2, 0.25) is 5.89 Å². The van der Waals surface area contributed by atoms with Gasteiger partial charge in [-0.05, 0) is 56.3 Å². The SMILES string of the molecule is Cc1cnc(CNC2CC3CC2C2CCCC32)o1. The first kappa shape index (κ1) is 11.0. The Bertz CT molecular complexity index is 441. The normalized spacial score (nSPS) is 41.5. The monoisotopic (exact) mass is 246 g/mol. The third kappa shape index (κ3) is 1.63. The second-order valence-corrected chi connectivity index (χ2v) is 6.51. The van der Waals surface area contributed by atoms with E-state index in [1.807, 2.05) is 13.1 Å². The van der Waals surface area contributed by atoms with E-state index in [9.17, 15) is 0 Å². The predicted molar refractivity (Wildman–Crippen MR) is 68.9 cm³/mol. The minimum Gasteiger partial charge on any atom is -0.445 e. The molecule has 0 aliphatic heterocycles. The van der Waals surface area contributed by atoms with Crippen LogP contribution in [0.25, 0.3) is 0 Å². The standard InChI is InChI=1S/C15H22N2O/c1-9-7-17-15(18-9)8-16-14-6-10-5-13(14)12-4-2-3-11(10)12/h7,10-14,16H,2-6,8H2,1H3. The first-order valence-electron chi connectivity index (χ1n) is 7.46. The molecule has 0 spiro atoms. The molecular weight excluding hydrogens is 224 g/mol. The molecule has 0 aromatic carbocycles. The van der Waals surface area contributed by atoms with Gasteiger partial charge >= 0.3 is 0 Å². The predicted octanol–water partition coefficient (Wildman–Crippen LogP) is 2.90. The average molecular weight is 246 g/mol. The fourth-order valence-corrected chi connectivity index (χ4v) is 5.00. The molecule has 0 amide bonds. The van der Waals surface area contributed by atoms with Gasteiger partial charge in [-0.2, -0.15) is 0 Å². The van der Waals surface area contributed by atoms with Gasteiger partial charge in [0, 0.05) is 6.04 Å². The van der Waals surface area contributed by atoms with Gasteiger partial charge in [0.05, 0.1) is 12.7 Å². The van der Waals surface area contributed by atoms with Crippen molar-refractivity contribution in [1.82, 2.24) is 10.3 Å². The van der Waals surface area contributed by atoms with Gasteiger partial charge in [-0.15, -0.1) is 0 Å². The molecule has 3 aliphatic carbocycles. The first-order valence-corrected chi connectivity index (χ1v) is 7.46. The molecule has 3 saturated carbocycles. The lowest BCUT2D eigenvalue weighted by Crippen LogP contribution is -2.38. The van der Waals surface area contributed by atoms with Crippen LogP contribution in [0.4, 0.5) is 0 Å². The second-order valence-electron chi connectivity index (χ2n) is 6.51. The van der Waals surface area contributed by atoms with Crippen LogP contribution < -0.4 is 5.32 Å². The highest BCUT2D eigenvalue weighted by Crippen LogP contribution is 2.58. The van der Waals surface area contributed by atoms with E-state index in [0.29, 0.717) is 0 Å². The summed E-state index contributed by atoms with van der Waals surface area (Å²) >= 11 is 0. The molecule has 0 radical (unpaired) electrons. The highest BCUT2D eigenvalue weighted by Gasteiger charge is 2.53. The molecule has 98 valence electrons. The van der Waals surface area contributed by atoms with Gasteiger partial charge < -0.3 is 9.73 Å². The van der Waals surface area contributed by atoms with E-state index in [-0.39, 0.29) is 0 Å². The van der Waals surface area contributed by atoms with Gasteiger partial charge in [0.25, 0.3) is 0 Å². The number of aryl methyl sites for hydroxylation is 1. The van der Waals surface area contributed by atoms with Crippen molar-refractivity contribution in [2.45, 2.75) is 51.6 Å². The van der Waals surface area contributed by atoms with Crippen LogP contribution in [0, 0.1) is 30.6 Å². The fourth-order valence-electron chi connectivity index (χ4n) is 5.00. The van der Waals surface area contributed by atoms with Crippen molar-refractivity contribution in [3.05, 3.63) is 17.8 Å². The van der Waals surface area contributed by atoms with E-state index >= 15 is 0 Å². The molecule has 3 nitrogen and oxygen atoms in total. The molecule has 4 rings (SSSR count). The lowest BCUT2D eigenvalue weighted by atomic mass is 9.79. The Labute approximate surface area is 108 Å². The number of hydrogen-bond acceptors (Lipinski definition) is 3. The van der Waals surface area contributed by atoms with Crippen molar-refractivity contribution in [3.8, 4) is 0 Å². The van der Waals surface area contributed by atoms with Crippen LogP contribution in [0.5, 0.6) is 0 Å². The fraction of sp³-hybridized carbons (Fsp3) is 0.800. The molecule has 3 aliphatic rings. The molecular formula is C15H22N2O. The first-order chi connectivity index (χ1) is 8.81. The largest absolute Gasteiger partial charge is 0.445 e. The summed E-state index contributed by atoms with van der Waals surface area (Å²) in [6.07, 6.45) is 9.17. The van der Waals surface area contributed by atoms with Crippen molar-refractivity contribution in [2.24, 2.45) is 23.7 Å². The van der Waals surface area contributed by atoms with Crippen LogP contribution >= 0.6 is 0 Å². The number of oxazole rings is 1. The average Bonchev–Trinajstić information content (AvgIpc) is 3.08. The summed E-state index contributed by atoms with van der Waals surface area (Å²) in [5.41, 5.74) is 0. The van der Waals surface area contributed by atoms with E-state index in [1.54, 1.807) is 0 Å². The van der Waals surface area contributed by atoms with Crippen LogP contribution in [0.1, 0.15) is 43.8 Å². The highest BCUT2D eigenvalue weighted by atomic mass is 16.4. The minimum atomic E-state index is 0.724. The summed E-state index contributed by atoms with van der Waals surface area (Å²) in [5.74, 6) is 5.84. The van der Waals surface area contributed by atoms with E-state index in [0.717, 1.165) is 47.9 Å². The Kier molecular flexibility index (Phi) is 2.51. The molecule has 1 aromatic rings. The number of nitrogens with zero attached hydrogens (tertiary/aromatic N) is 1. The van der Waals surface area contributed by atoms with Crippen LogP contribution in [-0.4, -0.2) is 11.0 Å². The van der Waals surface area contributed by atoms with Gasteiger partial charge in [-0.1, -0.05) is 6.42 Å². The maximum Gasteiger partial charge on any atom is 0.208 e. The van der Waals surface area contributed by atoms with Gasteiger partial charge in [-0.3, -0.25) is 0 Å². The molecule has 0 saturated heterocycles. The van der Waals surface area contributed by atoms with Crippen molar-refractivity contribution < 1.29 is 4.42 Å². The Hall–Kier alpha value is -0.830. The number of aromatic nitrogens is 1. The maximum atomic E-state index is 5.54. The van der Waals surface area contributed by atoms with Crippen LogP contribution in [0.15, 0.2) is 10.6 Å². The highest BCUT2D eigenvalue weighted by molar-refractivity contribution is 5.05. The van der Waals surface area contributed by atoms with Crippen molar-refractivity contribution >= 4 is 0 Å². The zero-order chi connectivity index (χ0) is 12.1. The quantitative estimate of drug-likeness (QED) is 0.891. The van der Waals surface area contributed by atoms with E-state index in [4.69, 9.17) is 4.42 Å². The number of rotatable bonds is 3. The summed E-state index contributed by atoms with van der Waals surface area (Å²) in [6, 6.07) is 0.724. The summed E-state index contributed by atoms with van der Waals surface area (Å²) in [7, 11) is 0. The topological polar surface area (TPSA) is 38.1 Å². The molecule has 18 heavy (non-hydrogen) atoms. The summed E-state index contributed by atoms with van der Waals surface area (Å²) in [4.78, 5) is 4.28. The van der Waals surface area contributed by atoms with E-state index in [2.05, 4.69) is 10.3 Å². The Balaban J connectivity index is 1.39. The third-order valence-electron chi connectivity index (χ3n) is 5.61. The Morgan fingerprint density at radius 1 is 1.28 bits per heavy atom. The Morgan fingerprint density at radius 2 is 2.17 bits per heavy atom. The molecule has 1 N–H and O–H groups in total. The maximum absolute atomic E-state index is 5.54. The number of fused-ring (bicyclic) bond motifs is 5. The lowest BCUT2D eigenvalue weighted by Gasteiger charge is -2.31. The lowest BCUT2D eigenvalue weighted by molar-refractivity contribution is 0.204. The number of nitrogens with one attached hydrogen (secondary N) is 1. The minimum absolute atomic E-state index is 0.724. The van der Waals surface area contributed by atoms with Crippen LogP contribution in [0.3, 0.4) is 0 Å². The zero-order valence-corrected chi connectivity index (χ0v) is 11.1. The van der Waals surface area contributed by atoms with E-state index < -0.39 is 0 Å². The Morgan fingerprint density at radius 3 is 3.00 bits per heavy atom. The summed E-state index contributed by atoms with van der Waals surface area (Å²) < 4.78 is 5.54.